The van der Waals surface area contributed by atoms with Crippen molar-refractivity contribution >= 4 is 17.3 Å². The fourth-order valence-corrected chi connectivity index (χ4v) is 2.33. The highest BCUT2D eigenvalue weighted by atomic mass is 16.5. The van der Waals surface area contributed by atoms with Crippen LogP contribution in [-0.2, 0) is 4.79 Å². The van der Waals surface area contributed by atoms with E-state index >= 15 is 0 Å². The van der Waals surface area contributed by atoms with Gasteiger partial charge in [0.1, 0.15) is 18.1 Å². The highest BCUT2D eigenvalue weighted by Crippen LogP contribution is 2.20. The van der Waals surface area contributed by atoms with Gasteiger partial charge >= 0.3 is 0 Å². The zero-order valence-corrected chi connectivity index (χ0v) is 14.2. The van der Waals surface area contributed by atoms with Crippen LogP contribution in [0.15, 0.2) is 61.2 Å². The van der Waals surface area contributed by atoms with Gasteiger partial charge in [0, 0.05) is 5.56 Å². The second-order valence-electron chi connectivity index (χ2n) is 5.70. The molecule has 0 saturated carbocycles. The van der Waals surface area contributed by atoms with Crippen molar-refractivity contribution in [2.75, 3.05) is 6.61 Å². The number of rotatable bonds is 9. The molecular weight excluding hydrogens is 316 g/mol. The van der Waals surface area contributed by atoms with Crippen molar-refractivity contribution in [3.8, 4) is 5.75 Å². The van der Waals surface area contributed by atoms with E-state index < -0.39 is 5.78 Å². The highest BCUT2D eigenvalue weighted by Gasteiger charge is 2.18. The van der Waals surface area contributed by atoms with Gasteiger partial charge in [0.05, 0.1) is 18.4 Å². The van der Waals surface area contributed by atoms with Crippen molar-refractivity contribution in [2.24, 2.45) is 0 Å². The molecule has 0 amide bonds. The van der Waals surface area contributed by atoms with Gasteiger partial charge in [-0.2, -0.15) is 0 Å². The number of hydrogen-bond donors (Lipinski definition) is 0. The monoisotopic (exact) mass is 336 g/mol. The Morgan fingerprint density at radius 2 is 1.60 bits per heavy atom. The number of para-hydroxylation sites is 1. The minimum absolute atomic E-state index is 0.268. The van der Waals surface area contributed by atoms with Gasteiger partial charge < -0.3 is 4.74 Å². The van der Waals surface area contributed by atoms with Gasteiger partial charge in [0.15, 0.2) is 11.6 Å². The average molecular weight is 336 g/mol. The van der Waals surface area contributed by atoms with Gasteiger partial charge in [-0.05, 0) is 19.1 Å². The molecule has 0 radical (unpaired) electrons. The smallest absolute Gasteiger partial charge is 0.173 e. The first kappa shape index (κ1) is 18.3. The fraction of sp³-hybridized carbons (Fsp3) is 0.190. The first-order valence-corrected chi connectivity index (χ1v) is 7.98. The van der Waals surface area contributed by atoms with E-state index in [0.29, 0.717) is 16.9 Å². The Morgan fingerprint density at radius 1 is 0.960 bits per heavy atom. The summed E-state index contributed by atoms with van der Waals surface area (Å²) in [6.45, 7) is 5.75. The Morgan fingerprint density at radius 3 is 2.28 bits per heavy atom. The molecule has 0 bridgehead atoms. The number of benzene rings is 2. The molecule has 0 aromatic heterocycles. The van der Waals surface area contributed by atoms with Gasteiger partial charge in [-0.1, -0.05) is 54.6 Å². The van der Waals surface area contributed by atoms with Crippen molar-refractivity contribution in [1.29, 1.82) is 0 Å². The second-order valence-corrected chi connectivity index (χ2v) is 5.70. The van der Waals surface area contributed by atoms with Crippen LogP contribution in [0.3, 0.4) is 0 Å². The van der Waals surface area contributed by atoms with Crippen molar-refractivity contribution in [1.82, 2.24) is 0 Å². The molecular formula is C21H20O4. The number of carbonyl (C=O) groups is 3. The summed E-state index contributed by atoms with van der Waals surface area (Å²) in [5, 5.41) is 0. The predicted molar refractivity (Wildman–Crippen MR) is 96.2 cm³/mol. The quantitative estimate of drug-likeness (QED) is 0.395. The molecule has 0 fully saturated rings. The summed E-state index contributed by atoms with van der Waals surface area (Å²) in [6.07, 6.45) is 0.962. The van der Waals surface area contributed by atoms with E-state index in [1.54, 1.807) is 42.5 Å². The van der Waals surface area contributed by atoms with E-state index in [4.69, 9.17) is 4.74 Å². The number of aryl methyl sites for hydroxylation is 1. The lowest BCUT2D eigenvalue weighted by molar-refractivity contribution is -0.117. The molecule has 0 heterocycles. The third-order valence-electron chi connectivity index (χ3n) is 3.63. The third kappa shape index (κ3) is 5.24. The van der Waals surface area contributed by atoms with Gasteiger partial charge in [0.25, 0.3) is 0 Å². The molecule has 0 saturated heterocycles. The average Bonchev–Trinajstić information content (AvgIpc) is 2.60. The summed E-state index contributed by atoms with van der Waals surface area (Å²) < 4.78 is 5.43. The Hall–Kier alpha value is -3.01. The molecule has 0 unspecified atom stereocenters. The van der Waals surface area contributed by atoms with Crippen LogP contribution < -0.4 is 4.74 Å². The predicted octanol–water partition coefficient (Wildman–Crippen LogP) is 3.97. The summed E-state index contributed by atoms with van der Waals surface area (Å²) >= 11 is 0. The van der Waals surface area contributed by atoms with Crippen molar-refractivity contribution < 1.29 is 19.1 Å². The first-order chi connectivity index (χ1) is 12.0. The maximum Gasteiger partial charge on any atom is 0.173 e. The van der Waals surface area contributed by atoms with E-state index in [-0.39, 0.29) is 31.0 Å². The zero-order valence-electron chi connectivity index (χ0n) is 14.2. The molecule has 0 spiro atoms. The molecule has 25 heavy (non-hydrogen) atoms. The number of Topliss-reactive ketones (excluding diaryl/α,β-unsaturated/α-hetero) is 3. The summed E-state index contributed by atoms with van der Waals surface area (Å²) in [5.41, 5.74) is 1.84. The lowest BCUT2D eigenvalue weighted by Gasteiger charge is -2.09. The lowest BCUT2D eigenvalue weighted by atomic mass is 9.99. The largest absolute Gasteiger partial charge is 0.489 e. The lowest BCUT2D eigenvalue weighted by Crippen LogP contribution is -2.14. The standard InChI is InChI=1S/C21H20O4/c1-3-12-25-21-7-5-4-6-18(21)20(24)14-17(22)13-19(23)16-10-8-15(2)9-11-16/h3-11H,1,12-14H2,2H3. The van der Waals surface area contributed by atoms with Gasteiger partial charge in [-0.3, -0.25) is 14.4 Å². The summed E-state index contributed by atoms with van der Waals surface area (Å²) in [4.78, 5) is 36.6. The third-order valence-corrected chi connectivity index (χ3v) is 3.63. The molecule has 2 rings (SSSR count). The van der Waals surface area contributed by atoms with E-state index in [0.717, 1.165) is 5.56 Å². The van der Waals surface area contributed by atoms with Crippen LogP contribution in [0.2, 0.25) is 0 Å². The minimum atomic E-state index is -0.408. The van der Waals surface area contributed by atoms with Crippen LogP contribution in [0.5, 0.6) is 5.75 Å². The molecule has 0 aliphatic heterocycles. The maximum absolute atomic E-state index is 12.4. The number of ether oxygens (including phenoxy) is 1. The van der Waals surface area contributed by atoms with Crippen LogP contribution in [0.25, 0.3) is 0 Å². The summed E-state index contributed by atoms with van der Waals surface area (Å²) in [5.74, 6) is -0.644. The molecule has 0 aliphatic rings. The highest BCUT2D eigenvalue weighted by molar-refractivity contribution is 6.16. The fourth-order valence-electron chi connectivity index (χ4n) is 2.33. The first-order valence-electron chi connectivity index (χ1n) is 7.98. The Labute approximate surface area is 147 Å². The number of ketones is 3. The van der Waals surface area contributed by atoms with Gasteiger partial charge in [-0.25, -0.2) is 0 Å². The molecule has 0 atom stereocenters. The minimum Gasteiger partial charge on any atom is -0.489 e. The normalized spacial score (nSPS) is 10.1. The Balaban J connectivity index is 2.00. The molecule has 2 aromatic carbocycles. The van der Waals surface area contributed by atoms with Crippen LogP contribution in [0, 0.1) is 6.92 Å². The number of hydrogen-bond acceptors (Lipinski definition) is 4. The van der Waals surface area contributed by atoms with Crippen molar-refractivity contribution in [3.05, 3.63) is 77.9 Å². The van der Waals surface area contributed by atoms with Crippen molar-refractivity contribution in [3.63, 3.8) is 0 Å². The van der Waals surface area contributed by atoms with Crippen LogP contribution >= 0.6 is 0 Å². The van der Waals surface area contributed by atoms with Crippen LogP contribution in [0.4, 0.5) is 0 Å². The zero-order chi connectivity index (χ0) is 18.2. The van der Waals surface area contributed by atoms with Crippen molar-refractivity contribution in [2.45, 2.75) is 19.8 Å². The Bertz CT molecular complexity index is 788. The van der Waals surface area contributed by atoms with Crippen LogP contribution in [0.1, 0.15) is 39.1 Å². The van der Waals surface area contributed by atoms with E-state index in [1.807, 2.05) is 19.1 Å². The maximum atomic E-state index is 12.4. The number of carbonyl (C=O) groups excluding carboxylic acids is 3. The van der Waals surface area contributed by atoms with E-state index in [2.05, 4.69) is 6.58 Å². The second kappa shape index (κ2) is 8.73. The van der Waals surface area contributed by atoms with E-state index in [9.17, 15) is 14.4 Å². The molecule has 0 aliphatic carbocycles. The van der Waals surface area contributed by atoms with Crippen LogP contribution in [-0.4, -0.2) is 24.0 Å². The summed E-state index contributed by atoms with van der Waals surface area (Å²) in [6, 6.07) is 13.7. The van der Waals surface area contributed by atoms with Gasteiger partial charge in [0.2, 0.25) is 0 Å². The topological polar surface area (TPSA) is 60.4 Å². The molecule has 4 heteroatoms. The van der Waals surface area contributed by atoms with E-state index in [1.165, 1.54) is 0 Å². The summed E-state index contributed by atoms with van der Waals surface area (Å²) in [7, 11) is 0. The Kier molecular flexibility index (Phi) is 6.40. The molecule has 4 nitrogen and oxygen atoms in total. The van der Waals surface area contributed by atoms with Gasteiger partial charge in [-0.15, -0.1) is 0 Å². The molecule has 0 N–H and O–H groups in total. The molecule has 2 aromatic rings. The molecule has 128 valence electrons. The SMILES string of the molecule is C=CCOc1ccccc1C(=O)CC(=O)CC(=O)c1ccc(C)cc1.